The molecule has 98 valence electrons. The minimum Gasteiger partial charge on any atom is -0.368 e. The maximum atomic E-state index is 6.12. The lowest BCUT2D eigenvalue weighted by atomic mass is 9.96. The van der Waals surface area contributed by atoms with Crippen molar-refractivity contribution in [2.45, 2.75) is 6.10 Å². The Morgan fingerprint density at radius 1 is 0.900 bits per heavy atom. The summed E-state index contributed by atoms with van der Waals surface area (Å²) in [5.41, 5.74) is 3.61. The van der Waals surface area contributed by atoms with Crippen LogP contribution in [0.4, 0.5) is 0 Å². The maximum absolute atomic E-state index is 6.12. The van der Waals surface area contributed by atoms with Crippen molar-refractivity contribution in [2.24, 2.45) is 0 Å². The average molecular weight is 281 g/mol. The van der Waals surface area contributed by atoms with E-state index in [1.54, 1.807) is 0 Å². The third kappa shape index (κ3) is 2.09. The van der Waals surface area contributed by atoms with Crippen LogP contribution in [0.15, 0.2) is 60.7 Å². The zero-order valence-corrected chi connectivity index (χ0v) is 11.6. The largest absolute Gasteiger partial charge is 0.368 e. The lowest BCUT2D eigenvalue weighted by Crippen LogP contribution is -1.88. The van der Waals surface area contributed by atoms with E-state index in [2.05, 4.69) is 48.5 Å². The summed E-state index contributed by atoms with van der Waals surface area (Å²) in [5.74, 6) is 0. The molecule has 1 heterocycles. The molecular formula is C18H13ClO. The minimum absolute atomic E-state index is 0.204. The zero-order chi connectivity index (χ0) is 13.5. The summed E-state index contributed by atoms with van der Waals surface area (Å²) in [6.07, 6.45) is 0.204. The van der Waals surface area contributed by atoms with Crippen LogP contribution in [-0.4, -0.2) is 6.61 Å². The first-order chi connectivity index (χ1) is 9.81. The van der Waals surface area contributed by atoms with Gasteiger partial charge in [-0.15, -0.1) is 0 Å². The van der Waals surface area contributed by atoms with E-state index >= 15 is 0 Å². The van der Waals surface area contributed by atoms with E-state index < -0.39 is 0 Å². The molecule has 1 aliphatic heterocycles. The first-order valence-corrected chi connectivity index (χ1v) is 7.09. The molecule has 0 unspecified atom stereocenters. The van der Waals surface area contributed by atoms with Crippen LogP contribution in [0.2, 0.25) is 5.02 Å². The van der Waals surface area contributed by atoms with Gasteiger partial charge in [-0.1, -0.05) is 54.1 Å². The first-order valence-electron chi connectivity index (χ1n) is 6.71. The van der Waals surface area contributed by atoms with Crippen molar-refractivity contribution in [1.82, 2.24) is 0 Å². The SMILES string of the molecule is Clc1ccc(-c2ccc3ccccc3c2)c([C@@H]2CO2)c1. The third-order valence-electron chi connectivity index (χ3n) is 3.75. The highest BCUT2D eigenvalue weighted by molar-refractivity contribution is 6.30. The molecule has 4 rings (SSSR count). The second kappa shape index (κ2) is 4.62. The van der Waals surface area contributed by atoms with E-state index in [4.69, 9.17) is 16.3 Å². The highest BCUT2D eigenvalue weighted by atomic mass is 35.5. The third-order valence-corrected chi connectivity index (χ3v) is 3.99. The molecule has 2 heteroatoms. The van der Waals surface area contributed by atoms with Crippen LogP contribution in [0.5, 0.6) is 0 Å². The van der Waals surface area contributed by atoms with Crippen LogP contribution in [0.25, 0.3) is 21.9 Å². The van der Waals surface area contributed by atoms with E-state index in [1.807, 2.05) is 12.1 Å². The van der Waals surface area contributed by atoms with Gasteiger partial charge in [0, 0.05) is 5.02 Å². The lowest BCUT2D eigenvalue weighted by Gasteiger charge is -2.09. The molecular weight excluding hydrogens is 268 g/mol. The monoisotopic (exact) mass is 280 g/mol. The van der Waals surface area contributed by atoms with Gasteiger partial charge in [0.25, 0.3) is 0 Å². The second-order valence-corrected chi connectivity index (χ2v) is 5.55. The van der Waals surface area contributed by atoms with Crippen molar-refractivity contribution in [2.75, 3.05) is 6.61 Å². The van der Waals surface area contributed by atoms with E-state index in [1.165, 1.54) is 27.5 Å². The molecule has 3 aromatic carbocycles. The normalized spacial score (nSPS) is 17.4. The molecule has 1 nitrogen and oxygen atoms in total. The predicted molar refractivity (Wildman–Crippen MR) is 83.1 cm³/mol. The molecule has 0 saturated carbocycles. The van der Waals surface area contributed by atoms with Gasteiger partial charge in [-0.3, -0.25) is 0 Å². The summed E-state index contributed by atoms with van der Waals surface area (Å²) in [6, 6.07) is 21.0. The number of ether oxygens (including phenoxy) is 1. The van der Waals surface area contributed by atoms with E-state index in [9.17, 15) is 0 Å². The molecule has 1 atom stereocenters. The van der Waals surface area contributed by atoms with E-state index in [0.717, 1.165) is 11.6 Å². The fourth-order valence-corrected chi connectivity index (χ4v) is 2.83. The van der Waals surface area contributed by atoms with Crippen molar-refractivity contribution in [3.8, 4) is 11.1 Å². The van der Waals surface area contributed by atoms with Crippen LogP contribution >= 0.6 is 11.6 Å². The number of benzene rings is 3. The lowest BCUT2D eigenvalue weighted by molar-refractivity contribution is 0.416. The number of hydrogen-bond acceptors (Lipinski definition) is 1. The standard InChI is InChI=1S/C18H13ClO/c19-15-7-8-16(17(10-15)18-11-20-18)14-6-5-12-3-1-2-4-13(12)9-14/h1-10,18H,11H2/t18-/m0/s1. The van der Waals surface area contributed by atoms with Gasteiger partial charge in [0.2, 0.25) is 0 Å². The van der Waals surface area contributed by atoms with Crippen molar-refractivity contribution in [3.05, 3.63) is 71.2 Å². The molecule has 0 amide bonds. The molecule has 0 aliphatic carbocycles. The Balaban J connectivity index is 1.90. The van der Waals surface area contributed by atoms with Crippen molar-refractivity contribution >= 4 is 22.4 Å². The molecule has 0 aromatic heterocycles. The number of hydrogen-bond donors (Lipinski definition) is 0. The average Bonchev–Trinajstić information content (AvgIpc) is 3.31. The van der Waals surface area contributed by atoms with Gasteiger partial charge in [-0.25, -0.2) is 0 Å². The Morgan fingerprint density at radius 3 is 2.50 bits per heavy atom. The van der Waals surface area contributed by atoms with Gasteiger partial charge >= 0.3 is 0 Å². The summed E-state index contributed by atoms with van der Waals surface area (Å²) in [4.78, 5) is 0. The Morgan fingerprint density at radius 2 is 1.70 bits per heavy atom. The second-order valence-electron chi connectivity index (χ2n) is 5.12. The van der Waals surface area contributed by atoms with E-state index in [-0.39, 0.29) is 6.10 Å². The molecule has 1 aliphatic rings. The maximum Gasteiger partial charge on any atom is 0.107 e. The zero-order valence-electron chi connectivity index (χ0n) is 10.8. The van der Waals surface area contributed by atoms with Gasteiger partial charge in [-0.05, 0) is 45.7 Å². The van der Waals surface area contributed by atoms with E-state index in [0.29, 0.717) is 0 Å². The molecule has 20 heavy (non-hydrogen) atoms. The topological polar surface area (TPSA) is 12.5 Å². The van der Waals surface area contributed by atoms with Gasteiger partial charge < -0.3 is 4.74 Å². The quantitative estimate of drug-likeness (QED) is 0.586. The van der Waals surface area contributed by atoms with Gasteiger partial charge in [-0.2, -0.15) is 0 Å². The molecule has 3 aromatic rings. The highest BCUT2D eigenvalue weighted by Gasteiger charge is 2.27. The molecule has 0 radical (unpaired) electrons. The summed E-state index contributed by atoms with van der Waals surface area (Å²) in [6.45, 7) is 0.793. The summed E-state index contributed by atoms with van der Waals surface area (Å²) >= 11 is 6.12. The minimum atomic E-state index is 0.204. The molecule has 0 bridgehead atoms. The Bertz CT molecular complexity index is 790. The number of halogens is 1. The van der Waals surface area contributed by atoms with Crippen LogP contribution < -0.4 is 0 Å². The van der Waals surface area contributed by atoms with Crippen LogP contribution in [0.3, 0.4) is 0 Å². The first kappa shape index (κ1) is 12.0. The molecule has 1 fully saturated rings. The van der Waals surface area contributed by atoms with Crippen LogP contribution in [0.1, 0.15) is 11.7 Å². The smallest absolute Gasteiger partial charge is 0.107 e. The Hall–Kier alpha value is -1.83. The van der Waals surface area contributed by atoms with Crippen molar-refractivity contribution in [3.63, 3.8) is 0 Å². The molecule has 1 saturated heterocycles. The fourth-order valence-electron chi connectivity index (χ4n) is 2.65. The van der Waals surface area contributed by atoms with Crippen molar-refractivity contribution < 1.29 is 4.74 Å². The highest BCUT2D eigenvalue weighted by Crippen LogP contribution is 2.39. The molecule has 0 spiro atoms. The predicted octanol–water partition coefficient (Wildman–Crippen LogP) is 5.23. The number of epoxide rings is 1. The molecule has 0 N–H and O–H groups in total. The van der Waals surface area contributed by atoms with Crippen LogP contribution in [0, 0.1) is 0 Å². The Labute approximate surface area is 122 Å². The number of fused-ring (bicyclic) bond motifs is 1. The van der Waals surface area contributed by atoms with Gasteiger partial charge in [0.05, 0.1) is 6.61 Å². The van der Waals surface area contributed by atoms with Gasteiger partial charge in [0.1, 0.15) is 6.10 Å². The summed E-state index contributed by atoms with van der Waals surface area (Å²) < 4.78 is 5.44. The fraction of sp³-hybridized carbons (Fsp3) is 0.111. The van der Waals surface area contributed by atoms with Crippen molar-refractivity contribution in [1.29, 1.82) is 0 Å². The summed E-state index contributed by atoms with van der Waals surface area (Å²) in [7, 11) is 0. The number of rotatable bonds is 2. The van der Waals surface area contributed by atoms with Crippen LogP contribution in [-0.2, 0) is 4.74 Å². The summed E-state index contributed by atoms with van der Waals surface area (Å²) in [5, 5.41) is 3.28. The Kier molecular flexibility index (Phi) is 2.76. The van der Waals surface area contributed by atoms with Gasteiger partial charge in [0.15, 0.2) is 0 Å².